The van der Waals surface area contributed by atoms with Crippen molar-refractivity contribution in [1.82, 2.24) is 9.78 Å². The predicted octanol–water partition coefficient (Wildman–Crippen LogP) is 3.34. The molecule has 1 saturated carbocycles. The van der Waals surface area contributed by atoms with E-state index in [1.807, 2.05) is 0 Å². The van der Waals surface area contributed by atoms with Gasteiger partial charge in [-0.05, 0) is 47.2 Å². The maximum absolute atomic E-state index is 12.2. The average Bonchev–Trinajstić information content (AvgIpc) is 3.29. The first kappa shape index (κ1) is 14.3. The number of hydrogen-bond donors (Lipinski definition) is 1. The number of nitrogens with one attached hydrogen (secondary N) is 1. The molecule has 1 aromatic heterocycles. The summed E-state index contributed by atoms with van der Waals surface area (Å²) in [7, 11) is 0. The van der Waals surface area contributed by atoms with Crippen molar-refractivity contribution in [3.8, 4) is 0 Å². The molecule has 1 aliphatic carbocycles. The van der Waals surface area contributed by atoms with Crippen LogP contribution in [0.25, 0.3) is 0 Å². The lowest BCUT2D eigenvalue weighted by molar-refractivity contribution is 0.532. The first-order valence-corrected chi connectivity index (χ1v) is 7.98. The minimum Gasteiger partial charge on any atom is -0.379 e. The molecule has 4 nitrogen and oxygen atoms in total. The SMILES string of the molecule is Cc1ccc(CNc2cnn(CC3CC3)c(=O)c2Br)cc1. The molecular weight excluding hydrogens is 330 g/mol. The molecule has 110 valence electrons. The molecule has 1 heterocycles. The third-order valence-electron chi connectivity index (χ3n) is 3.72. The molecule has 0 atom stereocenters. The summed E-state index contributed by atoms with van der Waals surface area (Å²) in [5.41, 5.74) is 3.10. The molecule has 1 fully saturated rings. The summed E-state index contributed by atoms with van der Waals surface area (Å²) in [5.74, 6) is 0.633. The van der Waals surface area contributed by atoms with Gasteiger partial charge in [-0.3, -0.25) is 4.79 Å². The second kappa shape index (κ2) is 6.02. The maximum atomic E-state index is 12.2. The van der Waals surface area contributed by atoms with E-state index in [0.29, 0.717) is 16.9 Å². The van der Waals surface area contributed by atoms with Crippen LogP contribution in [0.2, 0.25) is 0 Å². The van der Waals surface area contributed by atoms with Crippen molar-refractivity contribution in [2.45, 2.75) is 32.9 Å². The fourth-order valence-electron chi connectivity index (χ4n) is 2.17. The lowest BCUT2D eigenvalue weighted by atomic mass is 10.1. The molecule has 21 heavy (non-hydrogen) atoms. The minimum absolute atomic E-state index is 0.0594. The van der Waals surface area contributed by atoms with Crippen molar-refractivity contribution in [3.63, 3.8) is 0 Å². The van der Waals surface area contributed by atoms with E-state index in [4.69, 9.17) is 0 Å². The normalized spacial score (nSPS) is 14.2. The van der Waals surface area contributed by atoms with Gasteiger partial charge in [0.1, 0.15) is 4.47 Å². The molecule has 0 aliphatic heterocycles. The fraction of sp³-hybridized carbons (Fsp3) is 0.375. The third-order valence-corrected chi connectivity index (χ3v) is 4.48. The molecule has 3 rings (SSSR count). The van der Waals surface area contributed by atoms with Crippen LogP contribution in [0.5, 0.6) is 0 Å². The van der Waals surface area contributed by atoms with E-state index in [9.17, 15) is 4.79 Å². The topological polar surface area (TPSA) is 46.9 Å². The number of anilines is 1. The lowest BCUT2D eigenvalue weighted by Gasteiger charge is -2.10. The van der Waals surface area contributed by atoms with Crippen molar-refractivity contribution >= 4 is 21.6 Å². The Hall–Kier alpha value is -1.62. The Kier molecular flexibility index (Phi) is 4.10. The summed E-state index contributed by atoms with van der Waals surface area (Å²) < 4.78 is 2.11. The molecule has 0 unspecified atom stereocenters. The Morgan fingerprint density at radius 1 is 1.33 bits per heavy atom. The van der Waals surface area contributed by atoms with Crippen LogP contribution in [0.3, 0.4) is 0 Å². The second-order valence-electron chi connectivity index (χ2n) is 5.64. The van der Waals surface area contributed by atoms with Gasteiger partial charge in [0.25, 0.3) is 5.56 Å². The zero-order valence-electron chi connectivity index (χ0n) is 12.0. The maximum Gasteiger partial charge on any atom is 0.283 e. The summed E-state index contributed by atoms with van der Waals surface area (Å²) in [4.78, 5) is 12.2. The van der Waals surface area contributed by atoms with E-state index in [1.54, 1.807) is 10.9 Å². The van der Waals surface area contributed by atoms with Crippen LogP contribution in [-0.2, 0) is 13.1 Å². The molecule has 1 aromatic carbocycles. The number of rotatable bonds is 5. The molecule has 0 amide bonds. The number of nitrogens with zero attached hydrogens (tertiary/aromatic N) is 2. The van der Waals surface area contributed by atoms with Gasteiger partial charge in [-0.25, -0.2) is 4.68 Å². The Morgan fingerprint density at radius 2 is 2.05 bits per heavy atom. The minimum atomic E-state index is -0.0594. The monoisotopic (exact) mass is 347 g/mol. The lowest BCUT2D eigenvalue weighted by Crippen LogP contribution is -2.25. The number of benzene rings is 1. The van der Waals surface area contributed by atoms with Gasteiger partial charge in [-0.1, -0.05) is 29.8 Å². The second-order valence-corrected chi connectivity index (χ2v) is 6.44. The zero-order valence-corrected chi connectivity index (χ0v) is 13.6. The highest BCUT2D eigenvalue weighted by Crippen LogP contribution is 2.30. The Morgan fingerprint density at radius 3 is 2.71 bits per heavy atom. The quantitative estimate of drug-likeness (QED) is 0.902. The summed E-state index contributed by atoms with van der Waals surface area (Å²) in [6.45, 7) is 3.47. The van der Waals surface area contributed by atoms with E-state index in [1.165, 1.54) is 24.0 Å². The predicted molar refractivity (Wildman–Crippen MR) is 87.4 cm³/mol. The number of halogens is 1. The van der Waals surface area contributed by atoms with Gasteiger partial charge in [-0.2, -0.15) is 5.10 Å². The van der Waals surface area contributed by atoms with Crippen LogP contribution in [0.4, 0.5) is 5.69 Å². The van der Waals surface area contributed by atoms with Crippen molar-refractivity contribution in [1.29, 1.82) is 0 Å². The summed E-state index contributed by atoms with van der Waals surface area (Å²) in [6.07, 6.45) is 4.14. The largest absolute Gasteiger partial charge is 0.379 e. The van der Waals surface area contributed by atoms with E-state index in [2.05, 4.69) is 57.5 Å². The molecule has 0 bridgehead atoms. The molecule has 1 N–H and O–H groups in total. The van der Waals surface area contributed by atoms with E-state index in [-0.39, 0.29) is 5.56 Å². The molecular formula is C16H18BrN3O. The van der Waals surface area contributed by atoms with Crippen molar-refractivity contribution in [3.05, 3.63) is 56.4 Å². The van der Waals surface area contributed by atoms with Crippen LogP contribution in [0.15, 0.2) is 39.7 Å². The van der Waals surface area contributed by atoms with Gasteiger partial charge < -0.3 is 5.32 Å². The van der Waals surface area contributed by atoms with Gasteiger partial charge in [0.2, 0.25) is 0 Å². The first-order valence-electron chi connectivity index (χ1n) is 7.18. The third kappa shape index (κ3) is 3.53. The molecule has 0 radical (unpaired) electrons. The molecule has 5 heteroatoms. The molecule has 0 spiro atoms. The Bertz CT molecular complexity index is 690. The van der Waals surface area contributed by atoms with E-state index >= 15 is 0 Å². The van der Waals surface area contributed by atoms with E-state index in [0.717, 1.165) is 12.2 Å². The highest BCUT2D eigenvalue weighted by Gasteiger charge is 2.23. The number of hydrogen-bond acceptors (Lipinski definition) is 3. The summed E-state index contributed by atoms with van der Waals surface area (Å²) in [6, 6.07) is 8.33. The van der Waals surface area contributed by atoms with Crippen molar-refractivity contribution in [2.24, 2.45) is 5.92 Å². The smallest absolute Gasteiger partial charge is 0.283 e. The Balaban J connectivity index is 1.71. The molecule has 2 aromatic rings. The van der Waals surface area contributed by atoms with Crippen LogP contribution in [0.1, 0.15) is 24.0 Å². The highest BCUT2D eigenvalue weighted by atomic mass is 79.9. The van der Waals surface area contributed by atoms with Crippen molar-refractivity contribution in [2.75, 3.05) is 5.32 Å². The van der Waals surface area contributed by atoms with Crippen LogP contribution < -0.4 is 10.9 Å². The molecule has 0 saturated heterocycles. The van der Waals surface area contributed by atoms with Gasteiger partial charge in [0.05, 0.1) is 11.9 Å². The first-order chi connectivity index (χ1) is 10.1. The van der Waals surface area contributed by atoms with E-state index < -0.39 is 0 Å². The Labute approximate surface area is 132 Å². The van der Waals surface area contributed by atoms with Gasteiger partial charge in [0, 0.05) is 13.1 Å². The summed E-state index contributed by atoms with van der Waals surface area (Å²) in [5, 5.41) is 7.52. The highest BCUT2D eigenvalue weighted by molar-refractivity contribution is 9.10. The van der Waals surface area contributed by atoms with Crippen LogP contribution in [0, 0.1) is 12.8 Å². The summed E-state index contributed by atoms with van der Waals surface area (Å²) >= 11 is 3.39. The standard InChI is InChI=1S/C16H18BrN3O/c1-11-2-4-12(5-3-11)8-18-14-9-19-20(10-13-6-7-13)16(21)15(14)17/h2-5,9,13,18H,6-8,10H2,1H3. The van der Waals surface area contributed by atoms with Gasteiger partial charge >= 0.3 is 0 Å². The van der Waals surface area contributed by atoms with Crippen LogP contribution >= 0.6 is 15.9 Å². The average molecular weight is 348 g/mol. The van der Waals surface area contributed by atoms with Gasteiger partial charge in [0.15, 0.2) is 0 Å². The number of aromatic nitrogens is 2. The van der Waals surface area contributed by atoms with Crippen molar-refractivity contribution < 1.29 is 0 Å². The number of aryl methyl sites for hydroxylation is 1. The fourth-order valence-corrected chi connectivity index (χ4v) is 2.61. The zero-order chi connectivity index (χ0) is 14.8. The van der Waals surface area contributed by atoms with Gasteiger partial charge in [-0.15, -0.1) is 0 Å². The molecule has 1 aliphatic rings. The van der Waals surface area contributed by atoms with Crippen LogP contribution in [-0.4, -0.2) is 9.78 Å².